The fourth-order valence-electron chi connectivity index (χ4n) is 11.3. The molecule has 1 aliphatic carbocycles. The van der Waals surface area contributed by atoms with Crippen molar-refractivity contribution in [3.05, 3.63) is 161 Å². The fraction of sp³-hybridized carbons (Fsp3) is 0.200. The second kappa shape index (κ2) is 13.0. The van der Waals surface area contributed by atoms with Crippen LogP contribution >= 0.6 is 11.3 Å². The number of nitrogens with one attached hydrogen (secondary N) is 1. The Kier molecular flexibility index (Phi) is 7.80. The maximum atomic E-state index is 6.58. The highest BCUT2D eigenvalue weighted by molar-refractivity contribution is 7.25. The van der Waals surface area contributed by atoms with Crippen molar-refractivity contribution in [1.29, 1.82) is 0 Å². The van der Waals surface area contributed by atoms with E-state index in [0.717, 1.165) is 33.3 Å². The van der Waals surface area contributed by atoms with Gasteiger partial charge in [-0.3, -0.25) is 0 Å². The van der Waals surface area contributed by atoms with E-state index >= 15 is 0 Å². The molecule has 13 rings (SSSR count). The van der Waals surface area contributed by atoms with Gasteiger partial charge in [0.15, 0.2) is 7.28 Å². The lowest BCUT2D eigenvalue weighted by atomic mass is 9.58. The maximum absolute atomic E-state index is 6.58. The molecule has 0 saturated carbocycles. The first-order valence-electron chi connectivity index (χ1n) is 23.1. The van der Waals surface area contributed by atoms with Gasteiger partial charge in [0.1, 0.15) is 11.2 Å². The molecule has 8 aromatic carbocycles. The van der Waals surface area contributed by atoms with E-state index < -0.39 is 0 Å². The Bertz CT molecular complexity index is 3880. The first kappa shape index (κ1) is 38.9. The number of rotatable bonds is 3. The molecule has 5 heteroatoms. The molecule has 0 fully saturated rings. The molecule has 65 heavy (non-hydrogen) atoms. The van der Waals surface area contributed by atoms with Crippen LogP contribution in [0.4, 0.5) is 11.4 Å². The van der Waals surface area contributed by atoms with E-state index in [1.165, 1.54) is 109 Å². The average molecular weight is 858 g/mol. The molecule has 0 amide bonds. The predicted octanol–water partition coefficient (Wildman–Crippen LogP) is 15.6. The van der Waals surface area contributed by atoms with Crippen molar-refractivity contribution in [2.24, 2.45) is 0 Å². The zero-order valence-corrected chi connectivity index (χ0v) is 39.4. The van der Waals surface area contributed by atoms with Crippen molar-refractivity contribution in [3.8, 4) is 27.9 Å². The molecule has 0 unspecified atom stereocenters. The predicted molar refractivity (Wildman–Crippen MR) is 281 cm³/mol. The van der Waals surface area contributed by atoms with Crippen LogP contribution in [0, 0.1) is 6.92 Å². The Labute approximate surface area is 385 Å². The van der Waals surface area contributed by atoms with Crippen LogP contribution < -0.4 is 16.2 Å². The van der Waals surface area contributed by atoms with Crippen LogP contribution in [0.15, 0.2) is 138 Å². The quantitative estimate of drug-likeness (QED) is 0.179. The van der Waals surface area contributed by atoms with Crippen molar-refractivity contribution >= 4 is 105 Å². The van der Waals surface area contributed by atoms with Crippen molar-refractivity contribution in [2.75, 3.05) is 5.32 Å². The maximum Gasteiger partial charge on any atom is 0.197 e. The fourth-order valence-corrected chi connectivity index (χ4v) is 12.4. The van der Waals surface area contributed by atoms with E-state index in [1.807, 2.05) is 11.3 Å². The van der Waals surface area contributed by atoms with Crippen molar-refractivity contribution in [3.63, 3.8) is 0 Å². The zero-order chi connectivity index (χ0) is 44.5. The number of hydrogen-bond acceptors (Lipinski definition) is 3. The van der Waals surface area contributed by atoms with Gasteiger partial charge < -0.3 is 14.3 Å². The van der Waals surface area contributed by atoms with Crippen molar-refractivity contribution in [1.82, 2.24) is 4.57 Å². The molecular weight excluding hydrogens is 808 g/mol. The zero-order valence-electron chi connectivity index (χ0n) is 38.5. The Morgan fingerprint density at radius 2 is 1.31 bits per heavy atom. The standard InChI is InChI=1S/C60H50BN2OS/c1-32-24-43(40-26-39-36-23-20-34(59(5,6)7)25-45(36)60(8,9)46(39)30-48(40)62-35-21-18-33(19-22-35)58(2,3)4)56-57-55(32)44-29-52-41(37-14-10-12-16-51(37)64-52)28-49(44)63(57)50-31-54-42(27-47(50)61-56)38-15-11-13-17-53(38)65-54/h10-31,62H,1-9H3. The Balaban J connectivity index is 1.12. The lowest BCUT2D eigenvalue weighted by molar-refractivity contribution is 0.584. The van der Waals surface area contributed by atoms with Crippen molar-refractivity contribution in [2.45, 2.75) is 78.6 Å². The van der Waals surface area contributed by atoms with Gasteiger partial charge in [0, 0.05) is 69.9 Å². The van der Waals surface area contributed by atoms with E-state index in [-0.39, 0.29) is 16.2 Å². The summed E-state index contributed by atoms with van der Waals surface area (Å²) in [5, 5.41) is 11.4. The van der Waals surface area contributed by atoms with Gasteiger partial charge in [-0.05, 0) is 128 Å². The Morgan fingerprint density at radius 1 is 0.585 bits per heavy atom. The molecule has 1 N–H and O–H groups in total. The SMILES string of the molecule is Cc1cc(-c2cc3c(cc2Nc2ccc(C(C)(C)C)cc2)C(C)(C)c2cc(C(C)(C)C)ccc2-3)c2c3c1c1cc4oc5ccccc5c4cc1n3-c1cc3sc4ccccc4c3cc1[B]2. The van der Waals surface area contributed by atoms with Crippen LogP contribution in [0.1, 0.15) is 83.2 Å². The van der Waals surface area contributed by atoms with Crippen LogP contribution in [-0.4, -0.2) is 11.8 Å². The summed E-state index contributed by atoms with van der Waals surface area (Å²) in [5.74, 6) is 0. The van der Waals surface area contributed by atoms with Gasteiger partial charge >= 0.3 is 0 Å². The van der Waals surface area contributed by atoms with Gasteiger partial charge in [-0.25, -0.2) is 0 Å². The number of aromatic nitrogens is 1. The minimum atomic E-state index is -0.182. The largest absolute Gasteiger partial charge is 0.456 e. The third kappa shape index (κ3) is 5.55. The summed E-state index contributed by atoms with van der Waals surface area (Å²) in [4.78, 5) is 0. The number of thiophene rings is 1. The number of benzene rings is 8. The molecule has 2 aliphatic rings. The molecule has 315 valence electrons. The van der Waals surface area contributed by atoms with E-state index in [1.54, 1.807) is 0 Å². The van der Waals surface area contributed by atoms with Gasteiger partial charge in [-0.15, -0.1) is 11.3 Å². The first-order valence-corrected chi connectivity index (χ1v) is 23.9. The van der Waals surface area contributed by atoms with Crippen LogP contribution in [0.5, 0.6) is 0 Å². The second-order valence-corrected chi connectivity index (χ2v) is 22.4. The van der Waals surface area contributed by atoms with Crippen molar-refractivity contribution < 1.29 is 4.42 Å². The molecule has 1 radical (unpaired) electrons. The lowest BCUT2D eigenvalue weighted by Crippen LogP contribution is -2.37. The van der Waals surface area contributed by atoms with Gasteiger partial charge in [0.2, 0.25) is 0 Å². The second-order valence-electron chi connectivity index (χ2n) is 21.4. The summed E-state index contributed by atoms with van der Waals surface area (Å²) >= 11 is 1.88. The van der Waals surface area contributed by atoms with E-state index in [4.69, 9.17) is 4.42 Å². The number of para-hydroxylation sites is 1. The first-order chi connectivity index (χ1) is 31.1. The number of anilines is 2. The van der Waals surface area contributed by atoms with E-state index in [9.17, 15) is 0 Å². The Morgan fingerprint density at radius 3 is 2.09 bits per heavy atom. The van der Waals surface area contributed by atoms with Gasteiger partial charge in [0.25, 0.3) is 0 Å². The highest BCUT2D eigenvalue weighted by Crippen LogP contribution is 2.53. The molecule has 0 spiro atoms. The number of nitrogens with zero attached hydrogens (tertiary/aromatic N) is 1. The molecule has 0 bridgehead atoms. The van der Waals surface area contributed by atoms with Gasteiger partial charge in [-0.1, -0.05) is 140 Å². The molecule has 0 saturated heterocycles. The van der Waals surface area contributed by atoms with Crippen LogP contribution in [0.3, 0.4) is 0 Å². The van der Waals surface area contributed by atoms with E-state index in [2.05, 4.69) is 213 Å². The minimum Gasteiger partial charge on any atom is -0.456 e. The lowest BCUT2D eigenvalue weighted by Gasteiger charge is -2.27. The average Bonchev–Trinajstić information content (AvgIpc) is 3.99. The summed E-state index contributed by atoms with van der Waals surface area (Å²) in [7, 11) is 2.49. The topological polar surface area (TPSA) is 30.1 Å². The van der Waals surface area contributed by atoms with Crippen LogP contribution in [-0.2, 0) is 16.2 Å². The highest BCUT2D eigenvalue weighted by Gasteiger charge is 2.38. The molecule has 3 aromatic heterocycles. The number of hydrogen-bond donors (Lipinski definition) is 1. The van der Waals surface area contributed by atoms with Crippen LogP contribution in [0.2, 0.25) is 0 Å². The van der Waals surface area contributed by atoms with Gasteiger partial charge in [-0.2, -0.15) is 0 Å². The summed E-state index contributed by atoms with van der Waals surface area (Å²) in [6, 6.07) is 50.6. The molecule has 4 heterocycles. The third-order valence-electron chi connectivity index (χ3n) is 14.8. The molecule has 1 aliphatic heterocycles. The molecule has 0 atom stereocenters. The summed E-state index contributed by atoms with van der Waals surface area (Å²) in [6.07, 6.45) is 0. The molecular formula is C60H50BN2OS. The normalized spacial score (nSPS) is 14.2. The Hall–Kier alpha value is -6.56. The summed E-state index contributed by atoms with van der Waals surface area (Å²) in [6.45, 7) is 20.9. The summed E-state index contributed by atoms with van der Waals surface area (Å²) < 4.78 is 11.8. The third-order valence-corrected chi connectivity index (χ3v) is 16.0. The molecule has 11 aromatic rings. The number of aryl methyl sites for hydroxylation is 1. The van der Waals surface area contributed by atoms with Gasteiger partial charge in [0.05, 0.1) is 5.52 Å². The number of fused-ring (bicyclic) bond motifs is 14. The van der Waals surface area contributed by atoms with Crippen LogP contribution in [0.25, 0.3) is 91.9 Å². The summed E-state index contributed by atoms with van der Waals surface area (Å²) in [5.41, 5.74) is 21.9. The number of furan rings is 1. The molecule has 3 nitrogen and oxygen atoms in total. The smallest absolute Gasteiger partial charge is 0.197 e. The monoisotopic (exact) mass is 857 g/mol. The minimum absolute atomic E-state index is 0.0493. The van der Waals surface area contributed by atoms with E-state index in [0.29, 0.717) is 0 Å². The highest BCUT2D eigenvalue weighted by atomic mass is 32.1.